The lowest BCUT2D eigenvalue weighted by Crippen LogP contribution is -2.37. The van der Waals surface area contributed by atoms with Crippen molar-refractivity contribution < 1.29 is 44.7 Å². The second kappa shape index (κ2) is 14.0. The predicted octanol–water partition coefficient (Wildman–Crippen LogP) is 7.28. The first-order chi connectivity index (χ1) is 25.7. The van der Waals surface area contributed by atoms with Gasteiger partial charge in [0.2, 0.25) is 11.7 Å². The number of rotatable bonds is 8. The number of hydrogen-bond donors (Lipinski definition) is 2. The summed E-state index contributed by atoms with van der Waals surface area (Å²) in [7, 11) is 0. The van der Waals surface area contributed by atoms with Crippen LogP contribution in [0.1, 0.15) is 80.8 Å². The number of benzene rings is 3. The van der Waals surface area contributed by atoms with E-state index in [1.165, 1.54) is 6.20 Å². The van der Waals surface area contributed by atoms with E-state index in [1.807, 2.05) is 0 Å². The molecular formula is C38H26F8N6O2. The van der Waals surface area contributed by atoms with Crippen LogP contribution >= 0.6 is 0 Å². The fourth-order valence-corrected chi connectivity index (χ4v) is 6.57. The molecule has 5 aromatic rings. The zero-order valence-corrected chi connectivity index (χ0v) is 27.7. The average Bonchev–Trinajstić information content (AvgIpc) is 3.71. The summed E-state index contributed by atoms with van der Waals surface area (Å²) >= 11 is 0. The van der Waals surface area contributed by atoms with E-state index in [0.29, 0.717) is 28.3 Å². The number of carbonyl (C=O) groups is 2. The van der Waals surface area contributed by atoms with Gasteiger partial charge in [-0.25, -0.2) is 36.3 Å². The Labute approximate surface area is 301 Å². The lowest BCUT2D eigenvalue weighted by atomic mass is 9.89. The molecule has 54 heavy (non-hydrogen) atoms. The number of carbonyl (C=O) groups excluding carboxylic acids is 2. The molecule has 3 aromatic carbocycles. The number of hydrogen-bond acceptors (Lipinski definition) is 5. The fraction of sp³-hybridized carbons (Fsp3) is 0.237. The SMILES string of the molecule is O=C(Cn1nc(C(F)F)c2c1C(F)(F)CCC2(F)F)N[C@@H](Cc1cc(F)cc(F)c1)c1nc(C#Cc2ccccc2)ncc1-c1ccc2c(c1)C(=O)NC2. The first-order valence-corrected chi connectivity index (χ1v) is 16.4. The number of nitrogens with one attached hydrogen (secondary N) is 2. The Kier molecular flexibility index (Phi) is 9.42. The van der Waals surface area contributed by atoms with Gasteiger partial charge in [-0.1, -0.05) is 36.3 Å². The maximum atomic E-state index is 15.1. The number of aromatic nitrogens is 4. The van der Waals surface area contributed by atoms with Gasteiger partial charge in [0.1, 0.15) is 29.6 Å². The molecule has 276 valence electrons. The molecule has 1 atom stereocenters. The van der Waals surface area contributed by atoms with Crippen LogP contribution in [0.15, 0.2) is 72.9 Å². The Balaban J connectivity index is 1.34. The first kappa shape index (κ1) is 36.3. The van der Waals surface area contributed by atoms with Crippen LogP contribution in [-0.4, -0.2) is 31.6 Å². The Bertz CT molecular complexity index is 2330. The van der Waals surface area contributed by atoms with Crippen molar-refractivity contribution in [2.24, 2.45) is 0 Å². The molecule has 2 aliphatic rings. The van der Waals surface area contributed by atoms with Crippen LogP contribution < -0.4 is 10.6 Å². The van der Waals surface area contributed by atoms with Crippen molar-refractivity contribution >= 4 is 11.8 Å². The molecule has 0 saturated carbocycles. The second-order valence-corrected chi connectivity index (χ2v) is 12.7. The first-order valence-electron chi connectivity index (χ1n) is 16.4. The highest BCUT2D eigenvalue weighted by molar-refractivity contribution is 5.99. The summed E-state index contributed by atoms with van der Waals surface area (Å²) in [6.45, 7) is -0.931. The Morgan fingerprint density at radius 2 is 1.63 bits per heavy atom. The van der Waals surface area contributed by atoms with E-state index in [0.717, 1.165) is 12.1 Å². The van der Waals surface area contributed by atoms with E-state index in [2.05, 4.69) is 37.5 Å². The average molecular weight is 751 g/mol. The Hall–Kier alpha value is -6.11. The lowest BCUT2D eigenvalue weighted by Gasteiger charge is -2.29. The summed E-state index contributed by atoms with van der Waals surface area (Å²) in [5.74, 6) is -5.87. The molecule has 8 nitrogen and oxygen atoms in total. The molecular weight excluding hydrogens is 724 g/mol. The number of amides is 2. The molecule has 0 bridgehead atoms. The van der Waals surface area contributed by atoms with Crippen LogP contribution in [0.2, 0.25) is 0 Å². The molecule has 2 N–H and O–H groups in total. The molecule has 0 saturated heterocycles. The minimum absolute atomic E-state index is 0.00589. The van der Waals surface area contributed by atoms with Crippen LogP contribution in [0.3, 0.4) is 0 Å². The van der Waals surface area contributed by atoms with Gasteiger partial charge in [-0.2, -0.15) is 13.9 Å². The van der Waals surface area contributed by atoms with Crippen molar-refractivity contribution in [2.45, 2.75) is 56.7 Å². The van der Waals surface area contributed by atoms with Crippen molar-refractivity contribution in [2.75, 3.05) is 0 Å². The van der Waals surface area contributed by atoms with Crippen molar-refractivity contribution in [1.82, 2.24) is 30.4 Å². The monoisotopic (exact) mass is 750 g/mol. The molecule has 0 fully saturated rings. The number of halogens is 8. The van der Waals surface area contributed by atoms with Gasteiger partial charge in [-0.05, 0) is 59.4 Å². The molecule has 0 unspecified atom stereocenters. The minimum Gasteiger partial charge on any atom is -0.348 e. The number of fused-ring (bicyclic) bond motifs is 2. The lowest BCUT2D eigenvalue weighted by molar-refractivity contribution is -0.123. The third kappa shape index (κ3) is 7.26. The smallest absolute Gasteiger partial charge is 0.290 e. The summed E-state index contributed by atoms with van der Waals surface area (Å²) < 4.78 is 117. The van der Waals surface area contributed by atoms with Gasteiger partial charge in [-0.15, -0.1) is 0 Å². The van der Waals surface area contributed by atoms with E-state index >= 15 is 8.78 Å². The molecule has 0 radical (unpaired) electrons. The molecule has 7 rings (SSSR count). The van der Waals surface area contributed by atoms with Crippen molar-refractivity contribution in [3.05, 3.63) is 135 Å². The van der Waals surface area contributed by atoms with Gasteiger partial charge in [0.05, 0.1) is 17.3 Å². The number of nitrogens with zero attached hydrogens (tertiary/aromatic N) is 4. The van der Waals surface area contributed by atoms with Gasteiger partial charge in [0, 0.05) is 48.3 Å². The third-order valence-corrected chi connectivity index (χ3v) is 8.99. The van der Waals surface area contributed by atoms with Crippen LogP contribution in [0.25, 0.3) is 11.1 Å². The second-order valence-electron chi connectivity index (χ2n) is 12.7. The van der Waals surface area contributed by atoms with Crippen LogP contribution in [-0.2, 0) is 36.1 Å². The van der Waals surface area contributed by atoms with Crippen LogP contribution in [0.4, 0.5) is 35.1 Å². The highest BCUT2D eigenvalue weighted by atomic mass is 19.3. The summed E-state index contributed by atoms with van der Waals surface area (Å²) in [5, 5.41) is 8.60. The minimum atomic E-state index is -4.07. The van der Waals surface area contributed by atoms with Gasteiger partial charge in [-0.3, -0.25) is 14.3 Å². The highest BCUT2D eigenvalue weighted by Gasteiger charge is 2.55. The summed E-state index contributed by atoms with van der Waals surface area (Å²) in [6.07, 6.45) is -5.47. The van der Waals surface area contributed by atoms with Crippen molar-refractivity contribution in [1.29, 1.82) is 0 Å². The van der Waals surface area contributed by atoms with Crippen LogP contribution in [0, 0.1) is 23.5 Å². The molecule has 16 heteroatoms. The maximum absolute atomic E-state index is 15.1. The van der Waals surface area contributed by atoms with Crippen LogP contribution in [0.5, 0.6) is 0 Å². The summed E-state index contributed by atoms with van der Waals surface area (Å²) in [6, 6.07) is 14.9. The van der Waals surface area contributed by atoms with E-state index in [9.17, 15) is 35.9 Å². The molecule has 0 spiro atoms. The molecule has 1 aliphatic carbocycles. The van der Waals surface area contributed by atoms with Gasteiger partial charge < -0.3 is 10.6 Å². The Morgan fingerprint density at radius 1 is 0.907 bits per heavy atom. The highest BCUT2D eigenvalue weighted by Crippen LogP contribution is 2.52. The number of alkyl halides is 6. The normalized spacial score (nSPS) is 15.8. The van der Waals surface area contributed by atoms with Crippen molar-refractivity contribution in [3.63, 3.8) is 0 Å². The summed E-state index contributed by atoms with van der Waals surface area (Å²) in [5.41, 5.74) is -2.44. The van der Waals surface area contributed by atoms with Gasteiger partial charge >= 0.3 is 0 Å². The summed E-state index contributed by atoms with van der Waals surface area (Å²) in [4.78, 5) is 35.2. The quantitative estimate of drug-likeness (QED) is 0.128. The van der Waals surface area contributed by atoms with E-state index in [4.69, 9.17) is 0 Å². The maximum Gasteiger partial charge on any atom is 0.290 e. The fourth-order valence-electron chi connectivity index (χ4n) is 6.57. The Morgan fingerprint density at radius 3 is 2.35 bits per heavy atom. The zero-order valence-electron chi connectivity index (χ0n) is 27.7. The van der Waals surface area contributed by atoms with Crippen molar-refractivity contribution in [3.8, 4) is 23.0 Å². The van der Waals surface area contributed by atoms with E-state index < -0.39 is 78.2 Å². The predicted molar refractivity (Wildman–Crippen MR) is 176 cm³/mol. The van der Waals surface area contributed by atoms with E-state index in [1.54, 1.807) is 48.5 Å². The molecule has 2 aromatic heterocycles. The molecule has 1 aliphatic heterocycles. The molecule has 3 heterocycles. The van der Waals surface area contributed by atoms with Gasteiger partial charge in [0.15, 0.2) is 0 Å². The largest absolute Gasteiger partial charge is 0.348 e. The third-order valence-electron chi connectivity index (χ3n) is 8.99. The zero-order chi connectivity index (χ0) is 38.4. The standard InChI is InChI=1S/C38H26F8N6O2/c39-24-12-21(13-25(40)16-24)14-28(49-30(53)19-52-34-31(33(51-52)35(41)42)37(43,44)10-11-38(34,45)46)32-27(22-7-8-23-17-48-36(54)26(23)15-22)18-47-29(50-32)9-6-20-4-2-1-3-5-20/h1-5,7-8,12-13,15-16,18,28,35H,10-11,14,17,19H2,(H,48,54)(H,49,53)/t28-/m0/s1. The molecule has 2 amide bonds. The van der Waals surface area contributed by atoms with Gasteiger partial charge in [0.25, 0.3) is 24.2 Å². The topological polar surface area (TPSA) is 102 Å². The van der Waals surface area contributed by atoms with E-state index in [-0.39, 0.29) is 46.2 Å².